The number of ether oxygens (including phenoxy) is 1. The molecule has 0 spiro atoms. The van der Waals surface area contributed by atoms with Gasteiger partial charge in [-0.15, -0.1) is 0 Å². The lowest BCUT2D eigenvalue weighted by Gasteiger charge is -2.07. The summed E-state index contributed by atoms with van der Waals surface area (Å²) in [5.41, 5.74) is 1.03. The van der Waals surface area contributed by atoms with E-state index >= 15 is 0 Å². The molecule has 0 atom stereocenters. The highest BCUT2D eigenvalue weighted by Crippen LogP contribution is 2.03. The lowest BCUT2D eigenvalue weighted by Crippen LogP contribution is -2.13. The standard InChI is InChI=1S/C7H10NO/c1-2-8-7-4-3-5-9-6-7/h3,5,8H,2,4H2,1H3. The van der Waals surface area contributed by atoms with Crippen molar-refractivity contribution in [2.75, 3.05) is 6.54 Å². The minimum Gasteiger partial charge on any atom is -0.459 e. The lowest BCUT2D eigenvalue weighted by molar-refractivity contribution is 0.354. The molecular weight excluding hydrogens is 114 g/mol. The van der Waals surface area contributed by atoms with Crippen molar-refractivity contribution in [1.29, 1.82) is 0 Å². The predicted molar refractivity (Wildman–Crippen MR) is 35.3 cm³/mol. The van der Waals surface area contributed by atoms with Crippen LogP contribution in [0.2, 0.25) is 0 Å². The maximum Gasteiger partial charge on any atom is 0.189 e. The summed E-state index contributed by atoms with van der Waals surface area (Å²) >= 11 is 0. The highest BCUT2D eigenvalue weighted by Gasteiger charge is 1.96. The molecule has 2 nitrogen and oxygen atoms in total. The van der Waals surface area contributed by atoms with Crippen LogP contribution in [0.5, 0.6) is 0 Å². The van der Waals surface area contributed by atoms with Gasteiger partial charge in [0.15, 0.2) is 6.26 Å². The van der Waals surface area contributed by atoms with E-state index in [0.717, 1.165) is 18.7 Å². The third-order valence-electron chi connectivity index (χ3n) is 1.06. The van der Waals surface area contributed by atoms with Crippen molar-refractivity contribution in [3.8, 4) is 0 Å². The minimum atomic E-state index is 0.911. The Morgan fingerprint density at radius 2 is 2.78 bits per heavy atom. The van der Waals surface area contributed by atoms with Gasteiger partial charge in [0, 0.05) is 13.0 Å². The van der Waals surface area contributed by atoms with E-state index < -0.39 is 0 Å². The largest absolute Gasteiger partial charge is 0.459 e. The van der Waals surface area contributed by atoms with Crippen molar-refractivity contribution in [3.63, 3.8) is 0 Å². The third kappa shape index (κ3) is 1.80. The first-order valence-corrected chi connectivity index (χ1v) is 3.10. The Labute approximate surface area is 55.2 Å². The molecule has 0 aromatic rings. The van der Waals surface area contributed by atoms with Crippen LogP contribution in [0.3, 0.4) is 0 Å². The van der Waals surface area contributed by atoms with Crippen LogP contribution in [0.15, 0.2) is 18.0 Å². The normalized spacial score (nSPS) is 16.3. The van der Waals surface area contributed by atoms with Gasteiger partial charge in [-0.25, -0.2) is 0 Å². The number of hydrogen-bond acceptors (Lipinski definition) is 2. The summed E-state index contributed by atoms with van der Waals surface area (Å²) in [6.07, 6.45) is 7.24. The van der Waals surface area contributed by atoms with E-state index in [1.54, 1.807) is 6.26 Å². The highest BCUT2D eigenvalue weighted by molar-refractivity contribution is 5.01. The molecule has 0 aromatic carbocycles. The molecule has 0 amide bonds. The summed E-state index contributed by atoms with van der Waals surface area (Å²) in [7, 11) is 0. The molecular formula is C7H10NO. The van der Waals surface area contributed by atoms with Gasteiger partial charge in [0.2, 0.25) is 0 Å². The fourth-order valence-electron chi connectivity index (χ4n) is 0.683. The average molecular weight is 124 g/mol. The first-order chi connectivity index (χ1) is 4.43. The number of nitrogens with one attached hydrogen (secondary N) is 1. The van der Waals surface area contributed by atoms with E-state index in [2.05, 4.69) is 11.6 Å². The average Bonchev–Trinajstić information content (AvgIpc) is 1.91. The minimum absolute atomic E-state index is 0.911. The monoisotopic (exact) mass is 124 g/mol. The Kier molecular flexibility index (Phi) is 2.19. The van der Waals surface area contributed by atoms with E-state index in [-0.39, 0.29) is 0 Å². The molecule has 1 aliphatic heterocycles. The molecule has 0 unspecified atom stereocenters. The van der Waals surface area contributed by atoms with Crippen molar-refractivity contribution in [3.05, 3.63) is 24.3 Å². The quantitative estimate of drug-likeness (QED) is 0.596. The van der Waals surface area contributed by atoms with Crippen molar-refractivity contribution in [2.24, 2.45) is 0 Å². The zero-order valence-electron chi connectivity index (χ0n) is 5.48. The first-order valence-electron chi connectivity index (χ1n) is 3.10. The summed E-state index contributed by atoms with van der Waals surface area (Å²) in [5, 5.41) is 3.11. The van der Waals surface area contributed by atoms with Gasteiger partial charge in [0.1, 0.15) is 0 Å². The molecule has 1 radical (unpaired) electrons. The molecule has 9 heavy (non-hydrogen) atoms. The highest BCUT2D eigenvalue weighted by atomic mass is 16.5. The topological polar surface area (TPSA) is 21.3 Å². The summed E-state index contributed by atoms with van der Waals surface area (Å²) in [5.74, 6) is 0. The molecule has 49 valence electrons. The van der Waals surface area contributed by atoms with Crippen LogP contribution in [0, 0.1) is 6.26 Å². The Hall–Kier alpha value is -0.920. The summed E-state index contributed by atoms with van der Waals surface area (Å²) in [6, 6.07) is 0. The fourth-order valence-corrected chi connectivity index (χ4v) is 0.683. The smallest absolute Gasteiger partial charge is 0.189 e. The van der Waals surface area contributed by atoms with Crippen LogP contribution < -0.4 is 5.32 Å². The van der Waals surface area contributed by atoms with Crippen molar-refractivity contribution in [1.82, 2.24) is 5.32 Å². The van der Waals surface area contributed by atoms with Crippen LogP contribution in [-0.2, 0) is 4.74 Å². The number of hydrogen-bond donors (Lipinski definition) is 1. The molecule has 0 fully saturated rings. The van der Waals surface area contributed by atoms with Crippen molar-refractivity contribution >= 4 is 0 Å². The lowest BCUT2D eigenvalue weighted by atomic mass is 10.3. The van der Waals surface area contributed by atoms with Crippen LogP contribution >= 0.6 is 0 Å². The van der Waals surface area contributed by atoms with Gasteiger partial charge in [-0.05, 0) is 13.0 Å². The molecule has 2 heteroatoms. The summed E-state index contributed by atoms with van der Waals surface area (Å²) in [4.78, 5) is 0. The molecule has 0 saturated heterocycles. The Balaban J connectivity index is 2.32. The fraction of sp³-hybridized carbons (Fsp3) is 0.429. The molecule has 1 heterocycles. The van der Waals surface area contributed by atoms with Gasteiger partial charge in [-0.2, -0.15) is 0 Å². The second-order valence-corrected chi connectivity index (χ2v) is 1.80. The molecule has 0 aliphatic carbocycles. The van der Waals surface area contributed by atoms with E-state index in [1.165, 1.54) is 0 Å². The van der Waals surface area contributed by atoms with Crippen LogP contribution in [0.4, 0.5) is 0 Å². The summed E-state index contributed by atoms with van der Waals surface area (Å²) in [6.45, 7) is 2.98. The molecule has 1 N–H and O–H groups in total. The number of allylic oxidation sites excluding steroid dienone is 1. The van der Waals surface area contributed by atoms with Gasteiger partial charge in [0.25, 0.3) is 0 Å². The SMILES string of the molecule is CCNC1=[C]OC=CC1. The van der Waals surface area contributed by atoms with E-state index in [0.29, 0.717) is 0 Å². The second-order valence-electron chi connectivity index (χ2n) is 1.80. The summed E-state index contributed by atoms with van der Waals surface area (Å²) < 4.78 is 4.80. The zero-order chi connectivity index (χ0) is 6.53. The van der Waals surface area contributed by atoms with Crippen molar-refractivity contribution in [2.45, 2.75) is 13.3 Å². The van der Waals surface area contributed by atoms with E-state index in [1.807, 2.05) is 13.0 Å². The maximum atomic E-state index is 4.80. The molecule has 0 bridgehead atoms. The van der Waals surface area contributed by atoms with E-state index in [4.69, 9.17) is 4.74 Å². The molecule has 1 aliphatic rings. The zero-order valence-corrected chi connectivity index (χ0v) is 5.48. The van der Waals surface area contributed by atoms with Crippen molar-refractivity contribution < 1.29 is 4.74 Å². The third-order valence-corrected chi connectivity index (χ3v) is 1.06. The second kappa shape index (κ2) is 3.17. The van der Waals surface area contributed by atoms with E-state index in [9.17, 15) is 0 Å². The van der Waals surface area contributed by atoms with Crippen LogP contribution in [0.25, 0.3) is 0 Å². The van der Waals surface area contributed by atoms with Gasteiger partial charge < -0.3 is 10.1 Å². The molecule has 1 rings (SSSR count). The van der Waals surface area contributed by atoms with Gasteiger partial charge in [-0.3, -0.25) is 0 Å². The number of rotatable bonds is 2. The Morgan fingerprint density at radius 3 is 3.33 bits per heavy atom. The predicted octanol–water partition coefficient (Wildman–Crippen LogP) is 1.17. The molecule has 0 saturated carbocycles. The maximum absolute atomic E-state index is 4.80. The van der Waals surface area contributed by atoms with Gasteiger partial charge in [0.05, 0.1) is 12.0 Å². The van der Waals surface area contributed by atoms with Crippen LogP contribution in [0.1, 0.15) is 13.3 Å². The molecule has 0 aromatic heterocycles. The Bertz CT molecular complexity index is 138. The first kappa shape index (κ1) is 6.20. The Morgan fingerprint density at radius 1 is 1.89 bits per heavy atom. The van der Waals surface area contributed by atoms with Gasteiger partial charge >= 0.3 is 0 Å². The van der Waals surface area contributed by atoms with Gasteiger partial charge in [-0.1, -0.05) is 0 Å². The van der Waals surface area contributed by atoms with Crippen LogP contribution in [-0.4, -0.2) is 6.54 Å².